The maximum atomic E-state index is 12.6. The fraction of sp³-hybridized carbons (Fsp3) is 0.455. The highest BCUT2D eigenvalue weighted by atomic mass is 16.4. The van der Waals surface area contributed by atoms with E-state index in [0.717, 1.165) is 10.5 Å². The highest BCUT2D eigenvalue weighted by Gasteiger charge is 2.39. The summed E-state index contributed by atoms with van der Waals surface area (Å²) in [6.45, 7) is 5.51. The number of carboxylic acid groups (broad SMARTS) is 1. The Kier molecular flexibility index (Phi) is 8.43. The predicted octanol–water partition coefficient (Wildman–Crippen LogP) is 3.50. The monoisotopic (exact) mass is 426 g/mol. The highest BCUT2D eigenvalue weighted by Crippen LogP contribution is 2.24. The van der Waals surface area contributed by atoms with Crippen LogP contribution in [0.1, 0.15) is 45.9 Å². The Morgan fingerprint density at radius 2 is 1.87 bits per heavy atom. The number of rotatable bonds is 11. The standard InChI is InChI=1S/C22H26N4O5/c1-4-5-11-16(20(28)18(27)13-23)26(22(29)30)17(14(2)3)12-19-24-25-21(31-19)15-9-7-6-8-10-15/h6-10,14,16-17H,4-5,11-12H2,1-3H3,(H,29,30)/t16-,17+/m0/s1. The number of hydrogen-bond acceptors (Lipinski definition) is 7. The first kappa shape index (κ1) is 23.7. The average molecular weight is 426 g/mol. The van der Waals surface area contributed by atoms with E-state index in [1.54, 1.807) is 0 Å². The molecule has 9 heteroatoms. The van der Waals surface area contributed by atoms with Crippen LogP contribution in [-0.4, -0.2) is 49.9 Å². The molecule has 2 rings (SSSR count). The topological polar surface area (TPSA) is 137 Å². The maximum Gasteiger partial charge on any atom is 0.408 e. The minimum absolute atomic E-state index is 0.0699. The SMILES string of the molecule is CCCC[C@@H](C(=O)C(=O)C#N)N(C(=O)O)[C@H](Cc1nnc(-c2ccccc2)o1)C(C)C. The zero-order valence-electron chi connectivity index (χ0n) is 17.8. The van der Waals surface area contributed by atoms with Crippen molar-refractivity contribution in [3.8, 4) is 17.5 Å². The molecule has 0 saturated carbocycles. The molecule has 0 aliphatic rings. The molecule has 31 heavy (non-hydrogen) atoms. The molecule has 0 saturated heterocycles. The zero-order valence-corrected chi connectivity index (χ0v) is 17.8. The van der Waals surface area contributed by atoms with E-state index in [1.165, 1.54) is 6.07 Å². The number of hydrogen-bond donors (Lipinski definition) is 1. The maximum absolute atomic E-state index is 12.6. The van der Waals surface area contributed by atoms with Crippen LogP contribution in [0.2, 0.25) is 0 Å². The van der Waals surface area contributed by atoms with Gasteiger partial charge in [0.15, 0.2) is 0 Å². The molecule has 1 N–H and O–H groups in total. The molecule has 0 spiro atoms. The van der Waals surface area contributed by atoms with Gasteiger partial charge in [-0.15, -0.1) is 10.2 Å². The summed E-state index contributed by atoms with van der Waals surface area (Å²) in [6.07, 6.45) is 0.107. The summed E-state index contributed by atoms with van der Waals surface area (Å²) in [6, 6.07) is 8.50. The number of benzene rings is 1. The van der Waals surface area contributed by atoms with Crippen LogP contribution in [0.15, 0.2) is 34.7 Å². The van der Waals surface area contributed by atoms with Crippen LogP contribution in [0.5, 0.6) is 0 Å². The van der Waals surface area contributed by atoms with Crippen LogP contribution < -0.4 is 0 Å². The number of Topliss-reactive ketones (excluding diaryl/α,β-unsaturated/α-hetero) is 2. The summed E-state index contributed by atoms with van der Waals surface area (Å²) in [4.78, 5) is 37.5. The summed E-state index contributed by atoms with van der Waals surface area (Å²) >= 11 is 0. The molecule has 2 aromatic rings. The van der Waals surface area contributed by atoms with Crippen molar-refractivity contribution in [2.45, 2.75) is 58.5 Å². The van der Waals surface area contributed by atoms with Crippen molar-refractivity contribution in [1.82, 2.24) is 15.1 Å². The van der Waals surface area contributed by atoms with Crippen LogP contribution in [0.3, 0.4) is 0 Å². The van der Waals surface area contributed by atoms with Crippen molar-refractivity contribution < 1.29 is 23.9 Å². The Labute approximate surface area is 180 Å². The predicted molar refractivity (Wildman–Crippen MR) is 111 cm³/mol. The summed E-state index contributed by atoms with van der Waals surface area (Å²) < 4.78 is 5.72. The van der Waals surface area contributed by atoms with Crippen LogP contribution in [0.25, 0.3) is 11.5 Å². The van der Waals surface area contributed by atoms with Crippen molar-refractivity contribution in [2.75, 3.05) is 0 Å². The molecule has 1 aromatic heterocycles. The Morgan fingerprint density at radius 3 is 2.42 bits per heavy atom. The lowest BCUT2D eigenvalue weighted by atomic mass is 9.93. The minimum atomic E-state index is -1.35. The van der Waals surface area contributed by atoms with Crippen molar-refractivity contribution in [2.24, 2.45) is 5.92 Å². The fourth-order valence-corrected chi connectivity index (χ4v) is 3.37. The van der Waals surface area contributed by atoms with Gasteiger partial charge in [0.25, 0.3) is 5.78 Å². The molecular weight excluding hydrogens is 400 g/mol. The van der Waals surface area contributed by atoms with Gasteiger partial charge in [-0.3, -0.25) is 14.5 Å². The number of nitriles is 1. The van der Waals surface area contributed by atoms with E-state index in [2.05, 4.69) is 10.2 Å². The molecule has 0 aliphatic heterocycles. The molecule has 2 atom stereocenters. The summed E-state index contributed by atoms with van der Waals surface area (Å²) in [5.41, 5.74) is 0.730. The van der Waals surface area contributed by atoms with Crippen molar-refractivity contribution >= 4 is 17.7 Å². The van der Waals surface area contributed by atoms with E-state index < -0.39 is 29.7 Å². The van der Waals surface area contributed by atoms with Crippen molar-refractivity contribution in [3.05, 3.63) is 36.2 Å². The average Bonchev–Trinajstić information content (AvgIpc) is 3.23. The number of amides is 1. The van der Waals surface area contributed by atoms with E-state index in [0.29, 0.717) is 18.7 Å². The van der Waals surface area contributed by atoms with Gasteiger partial charge in [0.2, 0.25) is 17.6 Å². The number of carbonyl (C=O) groups excluding carboxylic acids is 2. The molecule has 1 heterocycles. The van der Waals surface area contributed by atoms with E-state index in [1.807, 2.05) is 51.1 Å². The molecule has 164 valence electrons. The van der Waals surface area contributed by atoms with Crippen LogP contribution in [0.4, 0.5) is 4.79 Å². The van der Waals surface area contributed by atoms with Gasteiger partial charge in [-0.1, -0.05) is 51.8 Å². The molecule has 0 bridgehead atoms. The van der Waals surface area contributed by atoms with E-state index in [4.69, 9.17) is 9.68 Å². The van der Waals surface area contributed by atoms with Crippen molar-refractivity contribution in [3.63, 3.8) is 0 Å². The third kappa shape index (κ3) is 5.98. The Morgan fingerprint density at radius 1 is 1.19 bits per heavy atom. The number of unbranched alkanes of at least 4 members (excludes halogenated alkanes) is 1. The summed E-state index contributed by atoms with van der Waals surface area (Å²) in [5, 5.41) is 26.9. The minimum Gasteiger partial charge on any atom is -0.465 e. The molecule has 9 nitrogen and oxygen atoms in total. The van der Waals surface area contributed by atoms with Crippen molar-refractivity contribution in [1.29, 1.82) is 5.26 Å². The lowest BCUT2D eigenvalue weighted by Crippen LogP contribution is -2.54. The van der Waals surface area contributed by atoms with Gasteiger partial charge >= 0.3 is 6.09 Å². The lowest BCUT2D eigenvalue weighted by molar-refractivity contribution is -0.137. The molecule has 0 aliphatic carbocycles. The summed E-state index contributed by atoms with van der Waals surface area (Å²) in [7, 11) is 0. The smallest absolute Gasteiger partial charge is 0.408 e. The van der Waals surface area contributed by atoms with E-state index in [-0.39, 0.29) is 24.7 Å². The number of ketones is 2. The summed E-state index contributed by atoms with van der Waals surface area (Å²) in [5.74, 6) is -1.97. The van der Waals surface area contributed by atoms with Crippen LogP contribution >= 0.6 is 0 Å². The molecule has 0 fully saturated rings. The number of carbonyl (C=O) groups is 3. The Bertz CT molecular complexity index is 948. The Balaban J connectivity index is 2.36. The molecular formula is C22H26N4O5. The number of aromatic nitrogens is 2. The fourth-order valence-electron chi connectivity index (χ4n) is 3.37. The largest absolute Gasteiger partial charge is 0.465 e. The van der Waals surface area contributed by atoms with Gasteiger partial charge in [0.1, 0.15) is 12.1 Å². The molecule has 1 amide bonds. The first-order valence-electron chi connectivity index (χ1n) is 10.2. The first-order valence-corrected chi connectivity index (χ1v) is 10.2. The van der Waals surface area contributed by atoms with Crippen LogP contribution in [0, 0.1) is 17.2 Å². The quantitative estimate of drug-likeness (QED) is 0.426. The van der Waals surface area contributed by atoms with E-state index >= 15 is 0 Å². The third-order valence-corrected chi connectivity index (χ3v) is 5.01. The van der Waals surface area contributed by atoms with Gasteiger partial charge in [-0.05, 0) is 24.5 Å². The third-order valence-electron chi connectivity index (χ3n) is 5.01. The molecule has 0 radical (unpaired) electrons. The second-order valence-electron chi connectivity index (χ2n) is 7.54. The molecule has 1 aromatic carbocycles. The van der Waals surface area contributed by atoms with Gasteiger partial charge in [-0.2, -0.15) is 5.26 Å². The second-order valence-corrected chi connectivity index (χ2v) is 7.54. The normalized spacial score (nSPS) is 12.7. The number of nitrogens with zero attached hydrogens (tertiary/aromatic N) is 4. The highest BCUT2D eigenvalue weighted by molar-refractivity contribution is 6.45. The lowest BCUT2D eigenvalue weighted by Gasteiger charge is -2.36. The van der Waals surface area contributed by atoms with Gasteiger partial charge in [-0.25, -0.2) is 4.79 Å². The Hall–Kier alpha value is -3.54. The van der Waals surface area contributed by atoms with Crippen LogP contribution in [-0.2, 0) is 16.0 Å². The van der Waals surface area contributed by atoms with E-state index in [9.17, 15) is 19.5 Å². The molecule has 0 unspecified atom stereocenters. The first-order chi connectivity index (χ1) is 14.8. The van der Waals surface area contributed by atoms with Gasteiger partial charge in [0, 0.05) is 18.0 Å². The zero-order chi connectivity index (χ0) is 23.0. The van der Waals surface area contributed by atoms with Gasteiger partial charge < -0.3 is 9.52 Å². The van der Waals surface area contributed by atoms with Gasteiger partial charge in [0.05, 0.1) is 0 Å². The second kappa shape index (κ2) is 11.0.